The molecule has 0 unspecified atom stereocenters. The molecule has 1 aliphatic heterocycles. The van der Waals surface area contributed by atoms with Crippen LogP contribution in [-0.4, -0.2) is 5.91 Å². The van der Waals surface area contributed by atoms with Gasteiger partial charge in [0.2, 0.25) is 0 Å². The minimum atomic E-state index is -0.356. The van der Waals surface area contributed by atoms with Crippen LogP contribution in [0, 0.1) is 11.3 Å². The Morgan fingerprint density at radius 3 is 2.86 bits per heavy atom. The molecule has 4 rings (SSSR count). The topological polar surface area (TPSA) is 59.3 Å². The maximum Gasteiger partial charge on any atom is 0.336 e. The van der Waals surface area contributed by atoms with E-state index < -0.39 is 0 Å². The zero-order valence-corrected chi connectivity index (χ0v) is 12.0. The van der Waals surface area contributed by atoms with Crippen molar-refractivity contribution in [1.29, 1.82) is 0 Å². The predicted octanol–water partition coefficient (Wildman–Crippen LogP) is 2.56. The Bertz CT molecular complexity index is 696. The fourth-order valence-corrected chi connectivity index (χ4v) is 4.06. The average Bonchev–Trinajstić information content (AvgIpc) is 3.02. The summed E-state index contributed by atoms with van der Waals surface area (Å²) in [6, 6.07) is 1.50. The van der Waals surface area contributed by atoms with Crippen molar-refractivity contribution in [1.82, 2.24) is 5.32 Å². The fourth-order valence-electron chi connectivity index (χ4n) is 4.06. The minimum Gasteiger partial charge on any atom is -0.427 e. The van der Waals surface area contributed by atoms with Gasteiger partial charge < -0.3 is 9.73 Å². The van der Waals surface area contributed by atoms with Crippen molar-refractivity contribution in [3.63, 3.8) is 0 Å². The predicted molar refractivity (Wildman–Crippen MR) is 78.0 cm³/mol. The molecule has 2 saturated carbocycles. The first-order valence-corrected chi connectivity index (χ1v) is 7.70. The van der Waals surface area contributed by atoms with Crippen LogP contribution in [0.4, 0.5) is 0 Å². The molecule has 1 atom stereocenters. The van der Waals surface area contributed by atoms with Crippen LogP contribution in [0.15, 0.2) is 27.6 Å². The monoisotopic (exact) mass is 285 g/mol. The molecule has 2 heterocycles. The van der Waals surface area contributed by atoms with E-state index in [-0.39, 0.29) is 11.5 Å². The summed E-state index contributed by atoms with van der Waals surface area (Å²) in [5.74, 6) is 0.890. The number of nitrogens with one attached hydrogen (secondary N) is 1. The molecule has 0 aromatic carbocycles. The third kappa shape index (κ3) is 2.23. The van der Waals surface area contributed by atoms with Crippen LogP contribution in [0.1, 0.15) is 53.8 Å². The van der Waals surface area contributed by atoms with Crippen LogP contribution in [0.2, 0.25) is 0 Å². The summed E-state index contributed by atoms with van der Waals surface area (Å²) in [6.45, 7) is 3.76. The van der Waals surface area contributed by atoms with E-state index in [2.05, 4.69) is 11.9 Å². The zero-order chi connectivity index (χ0) is 14.6. The van der Waals surface area contributed by atoms with Gasteiger partial charge in [-0.3, -0.25) is 4.79 Å². The summed E-state index contributed by atoms with van der Waals surface area (Å²) in [5.41, 5.74) is 2.27. The van der Waals surface area contributed by atoms with E-state index in [1.54, 1.807) is 0 Å². The van der Waals surface area contributed by atoms with Crippen LogP contribution in [0.3, 0.4) is 0 Å². The maximum absolute atomic E-state index is 12.2. The van der Waals surface area contributed by atoms with Crippen molar-refractivity contribution in [2.45, 2.75) is 44.9 Å². The zero-order valence-electron chi connectivity index (χ0n) is 12.0. The molecule has 4 heteroatoms. The molecule has 1 amide bonds. The lowest BCUT2D eigenvalue weighted by atomic mass is 9.91. The van der Waals surface area contributed by atoms with Crippen molar-refractivity contribution in [2.24, 2.45) is 11.3 Å². The van der Waals surface area contributed by atoms with Gasteiger partial charge in [-0.1, -0.05) is 6.58 Å². The Labute approximate surface area is 123 Å². The highest BCUT2D eigenvalue weighted by molar-refractivity contribution is 5.98. The van der Waals surface area contributed by atoms with Gasteiger partial charge in [-0.2, -0.15) is 0 Å². The first-order chi connectivity index (χ1) is 10.0. The fraction of sp³-hybridized carbons (Fsp3) is 0.529. The van der Waals surface area contributed by atoms with E-state index in [1.807, 2.05) is 0 Å². The van der Waals surface area contributed by atoms with Crippen molar-refractivity contribution in [3.8, 4) is 0 Å². The highest BCUT2D eigenvalue weighted by atomic mass is 16.4. The summed E-state index contributed by atoms with van der Waals surface area (Å²) in [5, 5.41) is 2.75. The quantitative estimate of drug-likeness (QED) is 0.908. The molecule has 1 aromatic rings. The van der Waals surface area contributed by atoms with Gasteiger partial charge in [-0.05, 0) is 55.4 Å². The Hall–Kier alpha value is -1.84. The molecule has 0 radical (unpaired) electrons. The summed E-state index contributed by atoms with van der Waals surface area (Å²) in [4.78, 5) is 24.0. The first kappa shape index (κ1) is 12.9. The second kappa shape index (κ2) is 4.33. The number of allylic oxidation sites excluding steroid dienone is 1. The van der Waals surface area contributed by atoms with E-state index in [4.69, 9.17) is 4.42 Å². The van der Waals surface area contributed by atoms with Crippen molar-refractivity contribution < 1.29 is 9.21 Å². The minimum absolute atomic E-state index is 0.181. The number of hydrogen-bond donors (Lipinski definition) is 1. The van der Waals surface area contributed by atoms with Crippen molar-refractivity contribution in [3.05, 3.63) is 45.6 Å². The van der Waals surface area contributed by atoms with Gasteiger partial charge in [0.1, 0.15) is 5.76 Å². The number of fused-ring (bicyclic) bond motifs is 1. The van der Waals surface area contributed by atoms with E-state index >= 15 is 0 Å². The van der Waals surface area contributed by atoms with Gasteiger partial charge in [-0.15, -0.1) is 0 Å². The Morgan fingerprint density at radius 1 is 1.33 bits per heavy atom. The number of amides is 1. The average molecular weight is 285 g/mol. The van der Waals surface area contributed by atoms with Gasteiger partial charge in [0.25, 0.3) is 5.91 Å². The third-order valence-corrected chi connectivity index (χ3v) is 5.28. The lowest BCUT2D eigenvalue weighted by Gasteiger charge is -2.20. The molecule has 21 heavy (non-hydrogen) atoms. The maximum atomic E-state index is 12.2. The molecule has 110 valence electrons. The number of carbonyl (C=O) groups excluding carboxylic acids is 1. The van der Waals surface area contributed by atoms with Gasteiger partial charge in [-0.25, -0.2) is 4.79 Å². The molecular weight excluding hydrogens is 266 g/mol. The highest BCUT2D eigenvalue weighted by Crippen LogP contribution is 2.60. The number of rotatable bonds is 2. The highest BCUT2D eigenvalue weighted by Gasteiger charge is 2.48. The van der Waals surface area contributed by atoms with Crippen LogP contribution in [0.25, 0.3) is 0 Å². The van der Waals surface area contributed by atoms with E-state index in [1.165, 1.54) is 38.2 Å². The third-order valence-electron chi connectivity index (χ3n) is 5.28. The SMILES string of the molecule is C=C1Cc2oc(=O)cc(C[C@@H]3CCC4(CC4)C3)c2C(=O)N1. The van der Waals surface area contributed by atoms with E-state index in [9.17, 15) is 9.59 Å². The summed E-state index contributed by atoms with van der Waals surface area (Å²) >= 11 is 0. The molecule has 1 N–H and O–H groups in total. The van der Waals surface area contributed by atoms with E-state index in [0.29, 0.717) is 34.8 Å². The van der Waals surface area contributed by atoms with Crippen molar-refractivity contribution in [2.75, 3.05) is 0 Å². The van der Waals surface area contributed by atoms with Crippen molar-refractivity contribution >= 4 is 5.91 Å². The summed E-state index contributed by atoms with van der Waals surface area (Å²) < 4.78 is 5.22. The van der Waals surface area contributed by atoms with Gasteiger partial charge in [0, 0.05) is 18.2 Å². The molecule has 2 aliphatic carbocycles. The van der Waals surface area contributed by atoms with Crippen LogP contribution >= 0.6 is 0 Å². The largest absolute Gasteiger partial charge is 0.427 e. The van der Waals surface area contributed by atoms with E-state index in [0.717, 1.165) is 12.0 Å². The first-order valence-electron chi connectivity index (χ1n) is 7.70. The molecule has 1 spiro atoms. The van der Waals surface area contributed by atoms with Crippen LogP contribution < -0.4 is 10.9 Å². The normalized spacial score (nSPS) is 25.8. The van der Waals surface area contributed by atoms with Gasteiger partial charge >= 0.3 is 5.63 Å². The second-order valence-electron chi connectivity index (χ2n) is 6.94. The Kier molecular flexibility index (Phi) is 2.65. The lowest BCUT2D eigenvalue weighted by Crippen LogP contribution is -2.32. The number of carbonyl (C=O) groups is 1. The summed E-state index contributed by atoms with van der Waals surface area (Å²) in [7, 11) is 0. The van der Waals surface area contributed by atoms with Gasteiger partial charge in [0.15, 0.2) is 0 Å². The second-order valence-corrected chi connectivity index (χ2v) is 6.94. The van der Waals surface area contributed by atoms with Gasteiger partial charge in [0.05, 0.1) is 5.56 Å². The van der Waals surface area contributed by atoms with Crippen LogP contribution in [-0.2, 0) is 12.8 Å². The lowest BCUT2D eigenvalue weighted by molar-refractivity contribution is 0.0952. The number of hydrogen-bond acceptors (Lipinski definition) is 3. The summed E-state index contributed by atoms with van der Waals surface area (Å²) in [6.07, 6.45) is 7.72. The molecule has 0 saturated heterocycles. The molecule has 0 bridgehead atoms. The molecule has 2 fully saturated rings. The molecule has 4 nitrogen and oxygen atoms in total. The Morgan fingerprint density at radius 2 is 2.14 bits per heavy atom. The molecule has 1 aromatic heterocycles. The molecular formula is C17H19NO3. The smallest absolute Gasteiger partial charge is 0.336 e. The Balaban J connectivity index is 1.67. The standard InChI is InChI=1S/C17H19NO3/c1-10-6-13-15(16(20)18-10)12(8-14(19)21-13)7-11-2-3-17(9-11)4-5-17/h8,11H,1-7,9H2,(H,18,20)/t11-/m0/s1. The molecule has 3 aliphatic rings. The van der Waals surface area contributed by atoms with Crippen LogP contribution in [0.5, 0.6) is 0 Å².